The Balaban J connectivity index is 2.97. The van der Waals surface area contributed by atoms with E-state index >= 15 is 0 Å². The maximum absolute atomic E-state index is 12.7. The third kappa shape index (κ3) is 1.92. The number of carbonyl (C=O) groups excluding carboxylic acids is 2. The van der Waals surface area contributed by atoms with Gasteiger partial charge in [-0.3, -0.25) is 14.7 Å². The summed E-state index contributed by atoms with van der Waals surface area (Å²) in [5.41, 5.74) is 0. The van der Waals surface area contributed by atoms with Crippen LogP contribution < -0.4 is 10.6 Å². The maximum atomic E-state index is 12.7. The predicted octanol–water partition coefficient (Wildman–Crippen LogP) is -1.62. The molecule has 3 N–H and O–H groups in total. The normalized spacial score (nSPS) is 29.4. The molecule has 1 saturated heterocycles. The molecule has 0 unspecified atom stereocenters. The molecule has 7 nitrogen and oxygen atoms in total. The van der Waals surface area contributed by atoms with Crippen LogP contribution in [0.15, 0.2) is 0 Å². The van der Waals surface area contributed by atoms with Crippen LogP contribution in [0, 0.1) is 0 Å². The van der Waals surface area contributed by atoms with Crippen molar-refractivity contribution >= 4 is 22.1 Å². The number of amides is 3. The number of hydrogen-bond acceptors (Lipinski definition) is 4. The first-order chi connectivity index (χ1) is 5.82. The van der Waals surface area contributed by atoms with Crippen molar-refractivity contribution in [3.05, 3.63) is 0 Å². The molecule has 0 aromatic rings. The highest BCUT2D eigenvalue weighted by Gasteiger charge is 2.43. The zero-order valence-electron chi connectivity index (χ0n) is 6.02. The molecule has 1 aliphatic heterocycles. The van der Waals surface area contributed by atoms with Crippen LogP contribution in [0.5, 0.6) is 0 Å². The van der Waals surface area contributed by atoms with Crippen LogP contribution in [-0.2, 0) is 14.9 Å². The summed E-state index contributed by atoms with van der Waals surface area (Å²) in [6.45, 7) is 0. The van der Waals surface area contributed by atoms with Crippen molar-refractivity contribution in [2.24, 2.45) is 0 Å². The minimum atomic E-state index is -4.81. The van der Waals surface area contributed by atoms with Gasteiger partial charge in [0.25, 0.3) is 16.0 Å². The Hall–Kier alpha value is -1.22. The zero-order valence-corrected chi connectivity index (χ0v) is 6.84. The highest BCUT2D eigenvalue weighted by molar-refractivity contribution is 7.86. The number of alkyl halides is 1. The molecule has 2 atom stereocenters. The Labute approximate surface area is 72.0 Å². The average Bonchev–Trinajstić information content (AvgIpc) is 1.94. The lowest BCUT2D eigenvalue weighted by molar-refractivity contribution is -0.126. The second kappa shape index (κ2) is 2.92. The number of hydrogen-bond donors (Lipinski definition) is 3. The van der Waals surface area contributed by atoms with Crippen molar-refractivity contribution in [2.75, 3.05) is 0 Å². The lowest BCUT2D eigenvalue weighted by atomic mass is 10.3. The van der Waals surface area contributed by atoms with Gasteiger partial charge in [0.1, 0.15) is 0 Å². The fraction of sp³-hybridized carbons (Fsp3) is 0.500. The Morgan fingerprint density at radius 3 is 2.38 bits per heavy atom. The summed E-state index contributed by atoms with van der Waals surface area (Å²) in [5.74, 6) is -1.40. The second-order valence-corrected chi connectivity index (χ2v) is 3.84. The standard InChI is InChI=1S/C4H5FN2O5S/c5-1-2(8)6-4(9)7-3(1)13(10,11)12/h1,3H,(H,10,11,12)(H2,6,7,8,9)/t1-,3-/m0/s1. The number of nitrogens with one attached hydrogen (secondary N) is 2. The van der Waals surface area contributed by atoms with Crippen LogP contribution in [-0.4, -0.2) is 36.5 Å². The van der Waals surface area contributed by atoms with E-state index in [0.29, 0.717) is 0 Å². The Bertz CT molecular complexity index is 352. The summed E-state index contributed by atoms with van der Waals surface area (Å²) < 4.78 is 41.9. The van der Waals surface area contributed by atoms with E-state index in [4.69, 9.17) is 4.55 Å². The van der Waals surface area contributed by atoms with Crippen molar-refractivity contribution in [3.8, 4) is 0 Å². The summed E-state index contributed by atoms with van der Waals surface area (Å²) in [6.07, 6.45) is -2.51. The van der Waals surface area contributed by atoms with E-state index in [2.05, 4.69) is 0 Å². The van der Waals surface area contributed by atoms with Gasteiger partial charge in [0.2, 0.25) is 6.17 Å². The minimum absolute atomic E-state index is 1.17. The topological polar surface area (TPSA) is 113 Å². The molecule has 9 heteroatoms. The SMILES string of the molecule is O=C1NC(=O)[C@H](F)[C@H](S(=O)(=O)O)N1. The van der Waals surface area contributed by atoms with Crippen molar-refractivity contribution in [2.45, 2.75) is 11.5 Å². The maximum Gasteiger partial charge on any atom is 0.322 e. The summed E-state index contributed by atoms with van der Waals surface area (Å²) in [4.78, 5) is 21.0. The van der Waals surface area contributed by atoms with Crippen molar-refractivity contribution in [1.82, 2.24) is 10.6 Å². The van der Waals surface area contributed by atoms with Crippen LogP contribution in [0.1, 0.15) is 0 Å². The van der Waals surface area contributed by atoms with E-state index in [0.717, 1.165) is 0 Å². The lowest BCUT2D eigenvalue weighted by Crippen LogP contribution is -2.62. The highest BCUT2D eigenvalue weighted by atomic mass is 32.2. The fourth-order valence-corrected chi connectivity index (χ4v) is 1.46. The highest BCUT2D eigenvalue weighted by Crippen LogP contribution is 2.09. The summed E-state index contributed by atoms with van der Waals surface area (Å²) in [7, 11) is -4.81. The van der Waals surface area contributed by atoms with Crippen LogP contribution in [0.4, 0.5) is 9.18 Å². The molecule has 74 valence electrons. The molecule has 0 saturated carbocycles. The summed E-state index contributed by atoms with van der Waals surface area (Å²) in [6, 6.07) is -1.17. The van der Waals surface area contributed by atoms with E-state index < -0.39 is 33.6 Å². The summed E-state index contributed by atoms with van der Waals surface area (Å²) in [5, 5.41) is 0.816. The van der Waals surface area contributed by atoms with Crippen LogP contribution in [0.25, 0.3) is 0 Å². The molecular formula is C4H5FN2O5S. The van der Waals surface area contributed by atoms with E-state index in [1.54, 1.807) is 5.32 Å². The second-order valence-electron chi connectivity index (χ2n) is 2.30. The monoisotopic (exact) mass is 212 g/mol. The van der Waals surface area contributed by atoms with Gasteiger partial charge in [-0.15, -0.1) is 0 Å². The minimum Gasteiger partial charge on any atom is -0.316 e. The fourth-order valence-electron chi connectivity index (χ4n) is 0.782. The molecule has 0 bridgehead atoms. The number of imide groups is 1. The van der Waals surface area contributed by atoms with E-state index in [1.165, 1.54) is 5.32 Å². The molecule has 0 radical (unpaired) electrons. The first-order valence-corrected chi connectivity index (χ1v) is 4.54. The van der Waals surface area contributed by atoms with Gasteiger partial charge in [-0.2, -0.15) is 8.42 Å². The van der Waals surface area contributed by atoms with Crippen molar-refractivity contribution < 1.29 is 27.0 Å². The van der Waals surface area contributed by atoms with Gasteiger partial charge in [-0.1, -0.05) is 0 Å². The van der Waals surface area contributed by atoms with Crippen molar-refractivity contribution in [1.29, 1.82) is 0 Å². The molecule has 1 rings (SSSR count). The number of halogens is 1. The Kier molecular flexibility index (Phi) is 2.22. The van der Waals surface area contributed by atoms with Crippen LogP contribution in [0.2, 0.25) is 0 Å². The molecular weight excluding hydrogens is 207 g/mol. The summed E-state index contributed by atoms with van der Waals surface area (Å²) >= 11 is 0. The number of urea groups is 1. The molecule has 3 amide bonds. The smallest absolute Gasteiger partial charge is 0.316 e. The first kappa shape index (κ1) is 9.86. The van der Waals surface area contributed by atoms with Gasteiger partial charge in [-0.25, -0.2) is 9.18 Å². The lowest BCUT2D eigenvalue weighted by Gasteiger charge is -2.23. The van der Waals surface area contributed by atoms with Gasteiger partial charge < -0.3 is 5.32 Å². The zero-order chi connectivity index (χ0) is 10.2. The van der Waals surface area contributed by atoms with E-state index in [-0.39, 0.29) is 0 Å². The Morgan fingerprint density at radius 1 is 1.38 bits per heavy atom. The van der Waals surface area contributed by atoms with Gasteiger partial charge in [0.05, 0.1) is 0 Å². The molecule has 1 heterocycles. The largest absolute Gasteiger partial charge is 0.322 e. The molecule has 13 heavy (non-hydrogen) atoms. The molecule has 0 aromatic carbocycles. The molecule has 0 aliphatic carbocycles. The van der Waals surface area contributed by atoms with Crippen LogP contribution in [0.3, 0.4) is 0 Å². The first-order valence-electron chi connectivity index (χ1n) is 3.04. The average molecular weight is 212 g/mol. The molecule has 0 spiro atoms. The van der Waals surface area contributed by atoms with Gasteiger partial charge in [0, 0.05) is 0 Å². The quantitative estimate of drug-likeness (QED) is 0.452. The molecule has 0 aromatic heterocycles. The Morgan fingerprint density at radius 2 is 1.92 bits per heavy atom. The van der Waals surface area contributed by atoms with Gasteiger partial charge in [0.15, 0.2) is 5.37 Å². The third-order valence-corrected chi connectivity index (χ3v) is 2.35. The molecule has 1 fully saturated rings. The van der Waals surface area contributed by atoms with Crippen LogP contribution >= 0.6 is 0 Å². The van der Waals surface area contributed by atoms with E-state index in [9.17, 15) is 22.4 Å². The van der Waals surface area contributed by atoms with Gasteiger partial charge in [-0.05, 0) is 0 Å². The molecule has 1 aliphatic rings. The predicted molar refractivity (Wildman–Crippen MR) is 36.9 cm³/mol. The van der Waals surface area contributed by atoms with Crippen molar-refractivity contribution in [3.63, 3.8) is 0 Å². The van der Waals surface area contributed by atoms with Gasteiger partial charge >= 0.3 is 6.03 Å². The number of rotatable bonds is 1. The van der Waals surface area contributed by atoms with E-state index in [1.807, 2.05) is 0 Å². The third-order valence-electron chi connectivity index (χ3n) is 1.35. The number of carbonyl (C=O) groups is 2.